The Balaban J connectivity index is 1.71. The standard InChI is InChI=1S/C17H27NO/c1-13-4-3-5-15(12-13)10-11-18-14(2)16-6-8-17(19)9-7-16/h6-9,13-15,18-19H,3-5,10-12H2,1-2H3. The molecule has 1 aromatic rings. The SMILES string of the molecule is CC1CCCC(CCNC(C)c2ccc(O)cc2)C1. The molecule has 106 valence electrons. The Morgan fingerprint density at radius 2 is 2.00 bits per heavy atom. The van der Waals surface area contributed by atoms with Gasteiger partial charge in [-0.05, 0) is 55.8 Å². The molecule has 1 saturated carbocycles. The van der Waals surface area contributed by atoms with Gasteiger partial charge in [-0.1, -0.05) is 38.3 Å². The minimum atomic E-state index is 0.340. The zero-order valence-corrected chi connectivity index (χ0v) is 12.2. The largest absolute Gasteiger partial charge is 0.508 e. The van der Waals surface area contributed by atoms with E-state index in [0.717, 1.165) is 18.4 Å². The highest BCUT2D eigenvalue weighted by molar-refractivity contribution is 5.27. The van der Waals surface area contributed by atoms with Gasteiger partial charge >= 0.3 is 0 Å². The van der Waals surface area contributed by atoms with Crippen LogP contribution in [0.1, 0.15) is 57.6 Å². The highest BCUT2D eigenvalue weighted by Gasteiger charge is 2.18. The number of phenolic OH excluding ortho intramolecular Hbond substituents is 1. The number of aromatic hydroxyl groups is 1. The van der Waals surface area contributed by atoms with Crippen molar-refractivity contribution in [2.75, 3.05) is 6.54 Å². The zero-order valence-electron chi connectivity index (χ0n) is 12.2. The van der Waals surface area contributed by atoms with E-state index in [-0.39, 0.29) is 0 Å². The summed E-state index contributed by atoms with van der Waals surface area (Å²) in [7, 11) is 0. The van der Waals surface area contributed by atoms with Crippen molar-refractivity contribution in [3.8, 4) is 5.75 Å². The Bertz CT molecular complexity index is 373. The van der Waals surface area contributed by atoms with Crippen LogP contribution in [0.3, 0.4) is 0 Å². The van der Waals surface area contributed by atoms with Crippen LogP contribution in [0.25, 0.3) is 0 Å². The summed E-state index contributed by atoms with van der Waals surface area (Å²) in [6.45, 7) is 5.67. The Morgan fingerprint density at radius 3 is 2.68 bits per heavy atom. The lowest BCUT2D eigenvalue weighted by Crippen LogP contribution is -2.23. The molecule has 3 atom stereocenters. The highest BCUT2D eigenvalue weighted by Crippen LogP contribution is 2.30. The Morgan fingerprint density at radius 1 is 1.26 bits per heavy atom. The van der Waals surface area contributed by atoms with Crippen LogP contribution in [0.2, 0.25) is 0 Å². The predicted molar refractivity (Wildman–Crippen MR) is 80.3 cm³/mol. The van der Waals surface area contributed by atoms with Gasteiger partial charge in [0, 0.05) is 6.04 Å². The van der Waals surface area contributed by atoms with Gasteiger partial charge in [0.2, 0.25) is 0 Å². The maximum absolute atomic E-state index is 9.29. The number of hydrogen-bond donors (Lipinski definition) is 2. The summed E-state index contributed by atoms with van der Waals surface area (Å²) >= 11 is 0. The molecular weight excluding hydrogens is 234 g/mol. The van der Waals surface area contributed by atoms with Gasteiger partial charge in [-0.15, -0.1) is 0 Å². The lowest BCUT2D eigenvalue weighted by molar-refractivity contribution is 0.265. The molecule has 0 heterocycles. The topological polar surface area (TPSA) is 32.3 Å². The van der Waals surface area contributed by atoms with E-state index in [0.29, 0.717) is 11.8 Å². The predicted octanol–water partition coefficient (Wildman–Crippen LogP) is 4.26. The molecule has 0 amide bonds. The van der Waals surface area contributed by atoms with Crippen LogP contribution >= 0.6 is 0 Å². The van der Waals surface area contributed by atoms with Crippen molar-refractivity contribution in [1.82, 2.24) is 5.32 Å². The molecule has 2 rings (SSSR count). The molecule has 1 fully saturated rings. The second kappa shape index (κ2) is 6.95. The molecule has 0 spiro atoms. The fourth-order valence-corrected chi connectivity index (χ4v) is 3.21. The van der Waals surface area contributed by atoms with Crippen LogP contribution in [0, 0.1) is 11.8 Å². The van der Waals surface area contributed by atoms with E-state index in [4.69, 9.17) is 0 Å². The number of phenols is 1. The first-order valence-electron chi connectivity index (χ1n) is 7.67. The van der Waals surface area contributed by atoms with E-state index in [1.54, 1.807) is 12.1 Å². The molecule has 0 aromatic heterocycles. The fourth-order valence-electron chi connectivity index (χ4n) is 3.21. The third kappa shape index (κ3) is 4.54. The van der Waals surface area contributed by atoms with Gasteiger partial charge in [0.05, 0.1) is 0 Å². The molecule has 2 heteroatoms. The summed E-state index contributed by atoms with van der Waals surface area (Å²) in [6, 6.07) is 7.87. The zero-order chi connectivity index (χ0) is 13.7. The number of nitrogens with one attached hydrogen (secondary N) is 1. The molecule has 2 nitrogen and oxygen atoms in total. The number of hydrogen-bond acceptors (Lipinski definition) is 2. The molecule has 19 heavy (non-hydrogen) atoms. The third-order valence-corrected chi connectivity index (χ3v) is 4.44. The molecule has 0 radical (unpaired) electrons. The molecule has 1 aliphatic carbocycles. The number of benzene rings is 1. The average Bonchev–Trinajstić information content (AvgIpc) is 2.39. The summed E-state index contributed by atoms with van der Waals surface area (Å²) in [5, 5.41) is 12.9. The van der Waals surface area contributed by atoms with E-state index in [1.807, 2.05) is 12.1 Å². The van der Waals surface area contributed by atoms with Gasteiger partial charge < -0.3 is 10.4 Å². The quantitative estimate of drug-likeness (QED) is 0.830. The lowest BCUT2D eigenvalue weighted by atomic mass is 9.81. The van der Waals surface area contributed by atoms with E-state index < -0.39 is 0 Å². The Kier molecular flexibility index (Phi) is 5.26. The highest BCUT2D eigenvalue weighted by atomic mass is 16.3. The normalized spacial score (nSPS) is 25.2. The van der Waals surface area contributed by atoms with Gasteiger partial charge in [0.1, 0.15) is 5.75 Å². The maximum atomic E-state index is 9.29. The van der Waals surface area contributed by atoms with Crippen LogP contribution in [-0.4, -0.2) is 11.7 Å². The fraction of sp³-hybridized carbons (Fsp3) is 0.647. The van der Waals surface area contributed by atoms with Crippen molar-refractivity contribution in [2.45, 2.75) is 52.0 Å². The second-order valence-electron chi connectivity index (χ2n) is 6.19. The first-order valence-corrected chi connectivity index (χ1v) is 7.67. The Hall–Kier alpha value is -1.02. The molecule has 0 aliphatic heterocycles. The minimum absolute atomic E-state index is 0.340. The van der Waals surface area contributed by atoms with E-state index in [9.17, 15) is 5.11 Å². The van der Waals surface area contributed by atoms with Crippen LogP contribution in [0.15, 0.2) is 24.3 Å². The summed E-state index contributed by atoms with van der Waals surface area (Å²) in [5.74, 6) is 2.18. The summed E-state index contributed by atoms with van der Waals surface area (Å²) < 4.78 is 0. The van der Waals surface area contributed by atoms with Gasteiger partial charge in [-0.25, -0.2) is 0 Å². The first-order chi connectivity index (χ1) is 9.15. The average molecular weight is 261 g/mol. The van der Waals surface area contributed by atoms with Gasteiger partial charge in [-0.2, -0.15) is 0 Å². The minimum Gasteiger partial charge on any atom is -0.508 e. The van der Waals surface area contributed by atoms with Crippen molar-refractivity contribution >= 4 is 0 Å². The molecule has 0 bridgehead atoms. The third-order valence-electron chi connectivity index (χ3n) is 4.44. The van der Waals surface area contributed by atoms with Crippen LogP contribution in [0.4, 0.5) is 0 Å². The van der Waals surface area contributed by atoms with E-state index in [1.165, 1.54) is 37.7 Å². The number of rotatable bonds is 5. The summed E-state index contributed by atoms with van der Waals surface area (Å²) in [4.78, 5) is 0. The molecule has 0 saturated heterocycles. The van der Waals surface area contributed by atoms with Crippen molar-refractivity contribution < 1.29 is 5.11 Å². The molecule has 2 N–H and O–H groups in total. The lowest BCUT2D eigenvalue weighted by Gasteiger charge is -2.27. The van der Waals surface area contributed by atoms with E-state index >= 15 is 0 Å². The molecule has 3 unspecified atom stereocenters. The maximum Gasteiger partial charge on any atom is 0.115 e. The van der Waals surface area contributed by atoms with Crippen LogP contribution in [0.5, 0.6) is 5.75 Å². The van der Waals surface area contributed by atoms with Crippen molar-refractivity contribution in [3.63, 3.8) is 0 Å². The van der Waals surface area contributed by atoms with Gasteiger partial charge in [0.25, 0.3) is 0 Å². The van der Waals surface area contributed by atoms with Crippen molar-refractivity contribution in [3.05, 3.63) is 29.8 Å². The first kappa shape index (κ1) is 14.4. The molecular formula is C17H27NO. The van der Waals surface area contributed by atoms with E-state index in [2.05, 4.69) is 19.2 Å². The smallest absolute Gasteiger partial charge is 0.115 e. The van der Waals surface area contributed by atoms with Gasteiger partial charge in [-0.3, -0.25) is 0 Å². The second-order valence-corrected chi connectivity index (χ2v) is 6.19. The molecule has 1 aromatic carbocycles. The van der Waals surface area contributed by atoms with Crippen LogP contribution < -0.4 is 5.32 Å². The van der Waals surface area contributed by atoms with Crippen LogP contribution in [-0.2, 0) is 0 Å². The summed E-state index contributed by atoms with van der Waals surface area (Å²) in [5.41, 5.74) is 1.25. The molecule has 1 aliphatic rings. The van der Waals surface area contributed by atoms with Crippen molar-refractivity contribution in [1.29, 1.82) is 0 Å². The van der Waals surface area contributed by atoms with Crippen molar-refractivity contribution in [2.24, 2.45) is 11.8 Å². The van der Waals surface area contributed by atoms with Gasteiger partial charge in [0.15, 0.2) is 0 Å². The Labute approximate surface area is 117 Å². The summed E-state index contributed by atoms with van der Waals surface area (Å²) in [6.07, 6.45) is 6.97. The monoisotopic (exact) mass is 261 g/mol.